The van der Waals surface area contributed by atoms with Gasteiger partial charge < -0.3 is 15.0 Å². The molecule has 1 heterocycles. The number of benzene rings is 1. The molecule has 1 atom stereocenters. The van der Waals surface area contributed by atoms with E-state index in [1.54, 1.807) is 0 Å². The van der Waals surface area contributed by atoms with Crippen molar-refractivity contribution >= 4 is 22.9 Å². The molecule has 2 aromatic rings. The Morgan fingerprint density at radius 1 is 1.12 bits per heavy atom. The van der Waals surface area contributed by atoms with Gasteiger partial charge in [0.2, 0.25) is 5.91 Å². The first kappa shape index (κ1) is 18.4. The molecule has 0 radical (unpaired) electrons. The largest absolute Gasteiger partial charge is 0.481 e. The number of imidazole rings is 1. The van der Waals surface area contributed by atoms with Crippen LogP contribution in [0.5, 0.6) is 0 Å². The Labute approximate surface area is 153 Å². The van der Waals surface area contributed by atoms with Crippen molar-refractivity contribution < 1.29 is 14.7 Å². The maximum Gasteiger partial charge on any atom is 0.306 e. The van der Waals surface area contributed by atoms with Crippen molar-refractivity contribution in [3.05, 3.63) is 30.1 Å². The van der Waals surface area contributed by atoms with E-state index in [0.717, 1.165) is 16.9 Å². The predicted molar refractivity (Wildman–Crippen MR) is 99.8 cm³/mol. The van der Waals surface area contributed by atoms with Crippen molar-refractivity contribution in [1.82, 2.24) is 14.9 Å². The van der Waals surface area contributed by atoms with Gasteiger partial charge in [-0.1, -0.05) is 12.1 Å². The molecule has 3 rings (SSSR count). The van der Waals surface area contributed by atoms with E-state index in [1.807, 2.05) is 31.2 Å². The van der Waals surface area contributed by atoms with E-state index in [2.05, 4.69) is 23.7 Å². The van der Waals surface area contributed by atoms with Crippen molar-refractivity contribution in [1.29, 1.82) is 0 Å². The van der Waals surface area contributed by atoms with Gasteiger partial charge in [0.1, 0.15) is 5.82 Å². The van der Waals surface area contributed by atoms with Gasteiger partial charge in [-0.2, -0.15) is 0 Å². The first-order valence-corrected chi connectivity index (χ1v) is 9.38. The Balaban J connectivity index is 1.73. The number of nitrogens with zero attached hydrogens (tertiary/aromatic N) is 2. The van der Waals surface area contributed by atoms with Crippen molar-refractivity contribution in [2.24, 2.45) is 11.8 Å². The predicted octanol–water partition coefficient (Wildman–Crippen LogP) is 3.69. The third-order valence-electron chi connectivity index (χ3n) is 5.33. The minimum atomic E-state index is -0.747. The minimum absolute atomic E-state index is 0.00343. The molecule has 1 aliphatic rings. The van der Waals surface area contributed by atoms with E-state index < -0.39 is 5.97 Å². The molecular weight excluding hydrogens is 330 g/mol. The fourth-order valence-corrected chi connectivity index (χ4v) is 3.91. The minimum Gasteiger partial charge on any atom is -0.481 e. The SMILES string of the molecule is CC(NC(=O)C1CCC(C(=O)O)CC1)c1nc2ccccc2n1C(C)C. The number of hydrogen-bond donors (Lipinski definition) is 2. The van der Waals surface area contributed by atoms with Gasteiger partial charge in [0.05, 0.1) is 23.0 Å². The highest BCUT2D eigenvalue weighted by Gasteiger charge is 2.31. The second-order valence-electron chi connectivity index (χ2n) is 7.54. The number of aliphatic carboxylic acids is 1. The molecule has 1 aromatic carbocycles. The third kappa shape index (κ3) is 3.59. The standard InChI is InChI=1S/C20H27N3O3/c1-12(2)23-17-7-5-4-6-16(17)22-18(23)13(3)21-19(24)14-8-10-15(11-9-14)20(25)26/h4-7,12-15H,8-11H2,1-3H3,(H,21,24)(H,25,26). The second-order valence-corrected chi connectivity index (χ2v) is 7.54. The number of hydrogen-bond acceptors (Lipinski definition) is 3. The van der Waals surface area contributed by atoms with Crippen molar-refractivity contribution in [2.45, 2.75) is 58.5 Å². The van der Waals surface area contributed by atoms with Gasteiger partial charge in [-0.25, -0.2) is 4.98 Å². The van der Waals surface area contributed by atoms with Crippen LogP contribution >= 0.6 is 0 Å². The number of fused-ring (bicyclic) bond motifs is 1. The molecule has 1 aliphatic carbocycles. The van der Waals surface area contributed by atoms with Crippen molar-refractivity contribution in [3.63, 3.8) is 0 Å². The molecule has 1 fully saturated rings. The number of para-hydroxylation sites is 2. The van der Waals surface area contributed by atoms with E-state index in [4.69, 9.17) is 10.1 Å². The molecule has 6 heteroatoms. The summed E-state index contributed by atoms with van der Waals surface area (Å²) in [5.41, 5.74) is 2.00. The summed E-state index contributed by atoms with van der Waals surface area (Å²) in [5, 5.41) is 12.2. The van der Waals surface area contributed by atoms with Crippen LogP contribution in [-0.2, 0) is 9.59 Å². The van der Waals surface area contributed by atoms with Gasteiger partial charge in [0.25, 0.3) is 0 Å². The molecular formula is C20H27N3O3. The van der Waals surface area contributed by atoms with Gasteiger partial charge in [0.15, 0.2) is 0 Å². The monoisotopic (exact) mass is 357 g/mol. The Bertz CT molecular complexity index is 804. The lowest BCUT2D eigenvalue weighted by molar-refractivity contribution is -0.144. The number of carbonyl (C=O) groups excluding carboxylic acids is 1. The van der Waals surface area contributed by atoms with E-state index in [1.165, 1.54) is 0 Å². The van der Waals surface area contributed by atoms with Crippen LogP contribution in [0.15, 0.2) is 24.3 Å². The molecule has 0 saturated heterocycles. The maximum atomic E-state index is 12.7. The summed E-state index contributed by atoms with van der Waals surface area (Å²) in [6, 6.07) is 8.04. The Hall–Kier alpha value is -2.37. The number of carbonyl (C=O) groups is 2. The smallest absolute Gasteiger partial charge is 0.306 e. The quantitative estimate of drug-likeness (QED) is 0.855. The van der Waals surface area contributed by atoms with Gasteiger partial charge >= 0.3 is 5.97 Å². The molecule has 140 valence electrons. The van der Waals surface area contributed by atoms with Crippen LogP contribution in [0, 0.1) is 11.8 Å². The van der Waals surface area contributed by atoms with Crippen LogP contribution in [0.3, 0.4) is 0 Å². The van der Waals surface area contributed by atoms with Crippen LogP contribution in [0.25, 0.3) is 11.0 Å². The highest BCUT2D eigenvalue weighted by Crippen LogP contribution is 2.30. The zero-order valence-electron chi connectivity index (χ0n) is 15.6. The molecule has 6 nitrogen and oxygen atoms in total. The van der Waals surface area contributed by atoms with E-state index in [9.17, 15) is 9.59 Å². The maximum absolute atomic E-state index is 12.7. The molecule has 0 aliphatic heterocycles. The van der Waals surface area contributed by atoms with E-state index in [0.29, 0.717) is 25.7 Å². The molecule has 0 bridgehead atoms. The fraction of sp³-hybridized carbons (Fsp3) is 0.550. The first-order chi connectivity index (χ1) is 12.4. The fourth-order valence-electron chi connectivity index (χ4n) is 3.91. The van der Waals surface area contributed by atoms with Gasteiger partial charge in [-0.05, 0) is 58.6 Å². The second kappa shape index (κ2) is 7.48. The van der Waals surface area contributed by atoms with Crippen molar-refractivity contribution in [2.75, 3.05) is 0 Å². The Morgan fingerprint density at radius 3 is 2.35 bits per heavy atom. The average Bonchev–Trinajstić information content (AvgIpc) is 3.01. The van der Waals surface area contributed by atoms with Crippen molar-refractivity contribution in [3.8, 4) is 0 Å². The molecule has 1 saturated carbocycles. The number of amides is 1. The molecule has 2 N–H and O–H groups in total. The summed E-state index contributed by atoms with van der Waals surface area (Å²) in [6.07, 6.45) is 2.42. The van der Waals surface area contributed by atoms with E-state index >= 15 is 0 Å². The lowest BCUT2D eigenvalue weighted by Gasteiger charge is -2.27. The molecule has 0 spiro atoms. The number of nitrogens with one attached hydrogen (secondary N) is 1. The number of aromatic nitrogens is 2. The molecule has 1 amide bonds. The first-order valence-electron chi connectivity index (χ1n) is 9.38. The summed E-state index contributed by atoms with van der Waals surface area (Å²) < 4.78 is 2.17. The van der Waals surface area contributed by atoms with E-state index in [-0.39, 0.29) is 29.8 Å². The molecule has 1 unspecified atom stereocenters. The lowest BCUT2D eigenvalue weighted by atomic mass is 9.81. The summed E-state index contributed by atoms with van der Waals surface area (Å²) in [7, 11) is 0. The van der Waals surface area contributed by atoms with Crippen LogP contribution in [0.2, 0.25) is 0 Å². The van der Waals surface area contributed by atoms with Gasteiger partial charge in [-0.15, -0.1) is 0 Å². The zero-order valence-corrected chi connectivity index (χ0v) is 15.6. The zero-order chi connectivity index (χ0) is 18.8. The van der Waals surface area contributed by atoms with Crippen LogP contribution < -0.4 is 5.32 Å². The summed E-state index contributed by atoms with van der Waals surface area (Å²) >= 11 is 0. The summed E-state index contributed by atoms with van der Waals surface area (Å²) in [6.45, 7) is 6.18. The average molecular weight is 357 g/mol. The Kier molecular flexibility index (Phi) is 5.30. The number of rotatable bonds is 5. The molecule has 26 heavy (non-hydrogen) atoms. The summed E-state index contributed by atoms with van der Waals surface area (Å²) in [4.78, 5) is 28.5. The van der Waals surface area contributed by atoms with Crippen LogP contribution in [0.1, 0.15) is 64.4 Å². The van der Waals surface area contributed by atoms with Crippen LogP contribution in [0.4, 0.5) is 0 Å². The number of carboxylic acids is 1. The summed E-state index contributed by atoms with van der Waals surface area (Å²) in [5.74, 6) is -0.299. The third-order valence-corrected chi connectivity index (χ3v) is 5.33. The number of carboxylic acid groups (broad SMARTS) is 1. The Morgan fingerprint density at radius 2 is 1.73 bits per heavy atom. The van der Waals surface area contributed by atoms with Gasteiger partial charge in [0, 0.05) is 12.0 Å². The van der Waals surface area contributed by atoms with Gasteiger partial charge in [-0.3, -0.25) is 9.59 Å². The lowest BCUT2D eigenvalue weighted by Crippen LogP contribution is -2.36. The van der Waals surface area contributed by atoms with Crippen LogP contribution in [-0.4, -0.2) is 26.5 Å². The topological polar surface area (TPSA) is 84.2 Å². The molecule has 1 aromatic heterocycles. The highest BCUT2D eigenvalue weighted by atomic mass is 16.4. The normalized spacial score (nSPS) is 21.7. The highest BCUT2D eigenvalue weighted by molar-refractivity contribution is 5.80.